The van der Waals surface area contributed by atoms with Crippen LogP contribution in [0.3, 0.4) is 0 Å². The van der Waals surface area contributed by atoms with Gasteiger partial charge < -0.3 is 9.47 Å². The number of carbonyl (C=O) groups excluding carboxylic acids is 1. The second-order valence-electron chi connectivity index (χ2n) is 4.40. The van der Waals surface area contributed by atoms with Gasteiger partial charge >= 0.3 is 5.97 Å². The Morgan fingerprint density at radius 2 is 1.77 bits per heavy atom. The average Bonchev–Trinajstić information content (AvgIpc) is 2.54. The molecule has 0 fully saturated rings. The van der Waals surface area contributed by atoms with E-state index in [2.05, 4.69) is 9.97 Å². The van der Waals surface area contributed by atoms with E-state index in [1.807, 2.05) is 24.3 Å². The van der Waals surface area contributed by atoms with Crippen molar-refractivity contribution in [3.8, 4) is 11.6 Å². The van der Waals surface area contributed by atoms with Crippen LogP contribution >= 0.6 is 11.6 Å². The van der Waals surface area contributed by atoms with Crippen molar-refractivity contribution >= 4 is 28.5 Å². The van der Waals surface area contributed by atoms with E-state index in [0.717, 1.165) is 0 Å². The fourth-order valence-corrected chi connectivity index (χ4v) is 2.20. The van der Waals surface area contributed by atoms with Crippen molar-refractivity contribution < 1.29 is 14.3 Å². The maximum Gasteiger partial charge on any atom is 0.341 e. The molecule has 0 atom stereocenters. The largest absolute Gasteiger partial charge is 0.465 e. The molecule has 1 aromatic heterocycles. The van der Waals surface area contributed by atoms with Gasteiger partial charge in [-0.05, 0) is 35.9 Å². The van der Waals surface area contributed by atoms with E-state index in [1.54, 1.807) is 24.3 Å². The summed E-state index contributed by atoms with van der Waals surface area (Å²) in [6, 6.07) is 14.1. The van der Waals surface area contributed by atoms with Gasteiger partial charge in [0.15, 0.2) is 0 Å². The Hall–Kier alpha value is -2.66. The van der Waals surface area contributed by atoms with Gasteiger partial charge in [0.1, 0.15) is 11.3 Å². The molecule has 5 nitrogen and oxygen atoms in total. The molecular weight excluding hydrogens is 304 g/mol. The number of carbonyl (C=O) groups is 1. The number of ether oxygens (including phenoxy) is 2. The number of aromatic nitrogens is 2. The van der Waals surface area contributed by atoms with Gasteiger partial charge in [-0.15, -0.1) is 0 Å². The lowest BCUT2D eigenvalue weighted by Crippen LogP contribution is -2.04. The molecule has 1 heterocycles. The number of fused-ring (bicyclic) bond motifs is 1. The van der Waals surface area contributed by atoms with E-state index >= 15 is 0 Å². The molecule has 0 radical (unpaired) electrons. The highest BCUT2D eigenvalue weighted by atomic mass is 35.5. The van der Waals surface area contributed by atoms with Gasteiger partial charge in [-0.25, -0.2) is 9.78 Å². The summed E-state index contributed by atoms with van der Waals surface area (Å²) >= 11 is 5.93. The molecule has 0 aliphatic carbocycles. The van der Waals surface area contributed by atoms with Crippen molar-refractivity contribution in [3.05, 3.63) is 59.4 Å². The highest BCUT2D eigenvalue weighted by Gasteiger charge is 2.15. The zero-order valence-electron chi connectivity index (χ0n) is 11.6. The smallest absolute Gasteiger partial charge is 0.341 e. The molecule has 0 unspecified atom stereocenters. The standard InChI is InChI=1S/C16H11ClN2O3/c1-21-15(20)11-7-3-5-9-13(11)22-14-10-6-2-4-8-12(10)18-16(17)19-14/h2-9H,1H3. The maximum absolute atomic E-state index is 11.8. The number of hydrogen-bond acceptors (Lipinski definition) is 5. The molecule has 0 saturated carbocycles. The minimum atomic E-state index is -0.486. The monoisotopic (exact) mass is 314 g/mol. The Labute approximate surface area is 131 Å². The zero-order chi connectivity index (χ0) is 15.5. The predicted octanol–water partition coefficient (Wildman–Crippen LogP) is 3.86. The van der Waals surface area contributed by atoms with Crippen LogP contribution in [0.15, 0.2) is 48.5 Å². The summed E-state index contributed by atoms with van der Waals surface area (Å²) in [5.74, 6) is 0.140. The molecule has 0 bridgehead atoms. The first kappa shape index (κ1) is 14.3. The fraction of sp³-hybridized carbons (Fsp3) is 0.0625. The first-order chi connectivity index (χ1) is 10.7. The second kappa shape index (κ2) is 5.99. The molecule has 22 heavy (non-hydrogen) atoms. The number of nitrogens with zero attached hydrogens (tertiary/aromatic N) is 2. The van der Waals surface area contributed by atoms with Crippen LogP contribution in [0, 0.1) is 0 Å². The summed E-state index contributed by atoms with van der Waals surface area (Å²) in [6.07, 6.45) is 0. The minimum absolute atomic E-state index is 0.0734. The third-order valence-electron chi connectivity index (χ3n) is 3.04. The Bertz CT molecular complexity index is 852. The summed E-state index contributed by atoms with van der Waals surface area (Å²) < 4.78 is 10.5. The molecule has 2 aromatic carbocycles. The van der Waals surface area contributed by atoms with Crippen molar-refractivity contribution in [2.45, 2.75) is 0 Å². The molecule has 0 N–H and O–H groups in total. The van der Waals surface area contributed by atoms with Crippen LogP contribution in [0.2, 0.25) is 5.28 Å². The van der Waals surface area contributed by atoms with E-state index in [1.165, 1.54) is 7.11 Å². The van der Waals surface area contributed by atoms with Gasteiger partial charge in [0, 0.05) is 0 Å². The van der Waals surface area contributed by atoms with Crippen LogP contribution in [-0.2, 0) is 4.74 Å². The quantitative estimate of drug-likeness (QED) is 0.542. The topological polar surface area (TPSA) is 61.3 Å². The minimum Gasteiger partial charge on any atom is -0.465 e. The zero-order valence-corrected chi connectivity index (χ0v) is 12.4. The normalized spacial score (nSPS) is 10.5. The number of benzene rings is 2. The van der Waals surface area contributed by atoms with Gasteiger partial charge in [-0.3, -0.25) is 0 Å². The summed E-state index contributed by atoms with van der Waals surface area (Å²) in [7, 11) is 1.32. The van der Waals surface area contributed by atoms with Gasteiger partial charge in [-0.1, -0.05) is 24.3 Å². The molecule has 0 aliphatic rings. The Morgan fingerprint density at radius 3 is 2.59 bits per heavy atom. The lowest BCUT2D eigenvalue weighted by atomic mass is 10.2. The molecule has 3 rings (SSSR count). The highest BCUT2D eigenvalue weighted by molar-refractivity contribution is 6.28. The SMILES string of the molecule is COC(=O)c1ccccc1Oc1nc(Cl)nc2ccccc12. The molecule has 0 saturated heterocycles. The molecule has 0 amide bonds. The molecule has 6 heteroatoms. The number of rotatable bonds is 3. The summed E-state index contributed by atoms with van der Waals surface area (Å²) in [4.78, 5) is 20.0. The molecule has 110 valence electrons. The van der Waals surface area contributed by atoms with Gasteiger partial charge in [0.2, 0.25) is 11.2 Å². The molecule has 3 aromatic rings. The van der Waals surface area contributed by atoms with Gasteiger partial charge in [0.05, 0.1) is 18.0 Å². The van der Waals surface area contributed by atoms with Crippen molar-refractivity contribution in [2.24, 2.45) is 0 Å². The first-order valence-corrected chi connectivity index (χ1v) is 6.84. The molecular formula is C16H11ClN2O3. The second-order valence-corrected chi connectivity index (χ2v) is 4.74. The first-order valence-electron chi connectivity index (χ1n) is 6.46. The van der Waals surface area contributed by atoms with E-state index in [4.69, 9.17) is 21.1 Å². The maximum atomic E-state index is 11.8. The van der Waals surface area contributed by atoms with E-state index in [-0.39, 0.29) is 11.2 Å². The van der Waals surface area contributed by atoms with Crippen LogP contribution in [-0.4, -0.2) is 23.0 Å². The lowest BCUT2D eigenvalue weighted by Gasteiger charge is -2.10. The van der Waals surface area contributed by atoms with Crippen molar-refractivity contribution in [2.75, 3.05) is 7.11 Å². The van der Waals surface area contributed by atoms with Crippen molar-refractivity contribution in [3.63, 3.8) is 0 Å². The number of methoxy groups -OCH3 is 1. The van der Waals surface area contributed by atoms with Gasteiger partial charge in [0.25, 0.3) is 0 Å². The Kier molecular flexibility index (Phi) is 3.89. The van der Waals surface area contributed by atoms with Crippen LogP contribution in [0.25, 0.3) is 10.9 Å². The highest BCUT2D eigenvalue weighted by Crippen LogP contribution is 2.30. The summed E-state index contributed by atoms with van der Waals surface area (Å²) in [5, 5.41) is 0.774. The lowest BCUT2D eigenvalue weighted by molar-refractivity contribution is 0.0598. The molecule has 0 spiro atoms. The van der Waals surface area contributed by atoms with Crippen LogP contribution in [0.4, 0.5) is 0 Å². The third kappa shape index (κ3) is 2.71. The molecule has 0 aliphatic heterocycles. The Balaban J connectivity index is 2.10. The fourth-order valence-electron chi connectivity index (χ4n) is 2.04. The number of para-hydroxylation sites is 2. The van der Waals surface area contributed by atoms with Crippen molar-refractivity contribution in [1.29, 1.82) is 0 Å². The predicted molar refractivity (Wildman–Crippen MR) is 82.4 cm³/mol. The third-order valence-corrected chi connectivity index (χ3v) is 3.21. The van der Waals surface area contributed by atoms with Crippen LogP contribution < -0.4 is 4.74 Å². The van der Waals surface area contributed by atoms with Gasteiger partial charge in [-0.2, -0.15) is 4.98 Å². The van der Waals surface area contributed by atoms with E-state index < -0.39 is 5.97 Å². The number of esters is 1. The van der Waals surface area contributed by atoms with E-state index in [0.29, 0.717) is 22.2 Å². The average molecular weight is 315 g/mol. The van der Waals surface area contributed by atoms with E-state index in [9.17, 15) is 4.79 Å². The summed E-state index contributed by atoms with van der Waals surface area (Å²) in [5.41, 5.74) is 0.969. The summed E-state index contributed by atoms with van der Waals surface area (Å²) in [6.45, 7) is 0. The van der Waals surface area contributed by atoms with Crippen LogP contribution in [0.5, 0.6) is 11.6 Å². The number of halogens is 1. The van der Waals surface area contributed by atoms with Crippen LogP contribution in [0.1, 0.15) is 10.4 Å². The Morgan fingerprint density at radius 1 is 1.05 bits per heavy atom. The van der Waals surface area contributed by atoms with Crippen molar-refractivity contribution in [1.82, 2.24) is 9.97 Å². The number of hydrogen-bond donors (Lipinski definition) is 0.